The molecule has 0 bridgehead atoms. The summed E-state index contributed by atoms with van der Waals surface area (Å²) in [4.78, 5) is 23.0. The number of aliphatic hydroxyl groups excluding tert-OH is 3. The van der Waals surface area contributed by atoms with Gasteiger partial charge in [0.15, 0.2) is 0 Å². The van der Waals surface area contributed by atoms with Gasteiger partial charge in [0.05, 0.1) is 24.2 Å². The fourth-order valence-electron chi connectivity index (χ4n) is 4.51. The van der Waals surface area contributed by atoms with Gasteiger partial charge in [0.2, 0.25) is 0 Å². The molecule has 0 heterocycles. The predicted octanol–water partition coefficient (Wildman–Crippen LogP) is -1.89. The third-order valence-corrected chi connectivity index (χ3v) is 6.43. The molecule has 0 aliphatic heterocycles. The van der Waals surface area contributed by atoms with Gasteiger partial charge in [-0.15, -0.1) is 0 Å². The van der Waals surface area contributed by atoms with E-state index in [0.29, 0.717) is 25.7 Å². The number of aliphatic carboxylic acids is 1. The molecule has 8 atom stereocenters. The monoisotopic (exact) mass is 462 g/mol. The minimum Gasteiger partial charge on any atom is -0.550 e. The zero-order valence-electron chi connectivity index (χ0n) is 19.1. The van der Waals surface area contributed by atoms with Crippen LogP contribution in [0.4, 0.5) is 0 Å². The van der Waals surface area contributed by atoms with Gasteiger partial charge >= 0.3 is 57.4 Å². The second-order valence-electron chi connectivity index (χ2n) is 8.86. The Balaban J connectivity index is 0.00000480. The summed E-state index contributed by atoms with van der Waals surface area (Å²) >= 11 is 0. The topological polar surface area (TPSA) is 127 Å². The molecular weight excluding hydrogens is 427 g/mol. The molecule has 3 N–H and O–H groups in total. The number of ether oxygens (including phenoxy) is 1. The summed E-state index contributed by atoms with van der Waals surface area (Å²) in [5.41, 5.74) is 0.949. The van der Waals surface area contributed by atoms with E-state index in [1.54, 1.807) is 0 Å². The molecule has 7 nitrogen and oxygen atoms in total. The average Bonchev–Trinajstić information content (AvgIpc) is 2.65. The molecule has 0 radical (unpaired) electrons. The van der Waals surface area contributed by atoms with E-state index in [1.807, 2.05) is 26.0 Å². The van der Waals surface area contributed by atoms with Crippen molar-refractivity contribution in [3.8, 4) is 0 Å². The summed E-state index contributed by atoms with van der Waals surface area (Å²) < 4.78 is 5.83. The number of allylic oxidation sites excluding steroid dienone is 2. The number of carboxylic acid groups (broad SMARTS) is 1. The molecule has 0 aromatic rings. The zero-order valence-corrected chi connectivity index (χ0v) is 22.2. The molecule has 0 spiro atoms. The number of carbonyl (C=O) groups is 2. The van der Waals surface area contributed by atoms with E-state index in [1.165, 1.54) is 0 Å². The molecule has 0 amide bonds. The van der Waals surface area contributed by atoms with Gasteiger partial charge in [0.25, 0.3) is 0 Å². The number of fused-ring (bicyclic) bond motifs is 1. The van der Waals surface area contributed by atoms with Crippen LogP contribution >= 0.6 is 0 Å². The molecule has 0 aromatic carbocycles. The second-order valence-corrected chi connectivity index (χ2v) is 8.86. The normalized spacial score (nSPS) is 30.3. The Bertz CT molecular complexity index is 662. The molecule has 0 saturated carbocycles. The van der Waals surface area contributed by atoms with E-state index in [0.717, 1.165) is 5.57 Å². The van der Waals surface area contributed by atoms with Crippen LogP contribution in [-0.2, 0) is 14.3 Å². The first-order chi connectivity index (χ1) is 14.1. The van der Waals surface area contributed by atoms with Crippen molar-refractivity contribution in [2.24, 2.45) is 23.7 Å². The van der Waals surface area contributed by atoms with Gasteiger partial charge in [0.1, 0.15) is 6.10 Å². The van der Waals surface area contributed by atoms with Crippen molar-refractivity contribution in [1.29, 1.82) is 0 Å². The molecular formula is C23H35KO7. The van der Waals surface area contributed by atoms with Crippen LogP contribution in [-0.4, -0.2) is 51.7 Å². The van der Waals surface area contributed by atoms with Crippen LogP contribution in [0, 0.1) is 23.7 Å². The number of aliphatic hydroxyl groups is 3. The van der Waals surface area contributed by atoms with Gasteiger partial charge in [-0.3, -0.25) is 4.79 Å². The van der Waals surface area contributed by atoms with Crippen LogP contribution in [0.15, 0.2) is 23.8 Å². The van der Waals surface area contributed by atoms with Crippen LogP contribution in [0.25, 0.3) is 0 Å². The number of carbonyl (C=O) groups excluding carboxylic acids is 2. The largest absolute Gasteiger partial charge is 1.00 e. The minimum atomic E-state index is -1.35. The predicted molar refractivity (Wildman–Crippen MR) is 109 cm³/mol. The first-order valence-corrected chi connectivity index (χ1v) is 11.0. The molecule has 0 saturated heterocycles. The van der Waals surface area contributed by atoms with E-state index >= 15 is 0 Å². The van der Waals surface area contributed by atoms with Gasteiger partial charge in [-0.1, -0.05) is 39.0 Å². The number of rotatable bonds is 10. The van der Waals surface area contributed by atoms with Crippen molar-refractivity contribution < 1.29 is 86.1 Å². The van der Waals surface area contributed by atoms with Crippen LogP contribution in [0.2, 0.25) is 0 Å². The number of hydrogen-bond acceptors (Lipinski definition) is 7. The maximum atomic E-state index is 12.4. The third kappa shape index (κ3) is 8.66. The van der Waals surface area contributed by atoms with E-state index in [4.69, 9.17) is 4.74 Å². The van der Waals surface area contributed by atoms with Crippen molar-refractivity contribution in [3.05, 3.63) is 23.8 Å². The first kappa shape index (κ1) is 29.0. The maximum Gasteiger partial charge on any atom is 1.00 e. The van der Waals surface area contributed by atoms with Gasteiger partial charge in [-0.2, -0.15) is 0 Å². The third-order valence-electron chi connectivity index (χ3n) is 6.43. The fraction of sp³-hybridized carbons (Fsp3) is 0.739. The first-order valence-electron chi connectivity index (χ1n) is 11.0. The standard InChI is InChI=1S/C23H36O7.K/c1-4-13(2)23(29)30-20-11-17(25)9-15-6-5-14(3)19(22(15)20)8-7-16(24)10-18(26)12-21(27)28;/h5-6,9,13-14,16-20,22,24-26H,4,7-8,10-12H2,1-3H3,(H,27,28);/q;+1/p-1/t13-,14-,16+,17+,18+,19-,20-,22-;/m0./s1. The Kier molecular flexibility index (Phi) is 12.7. The van der Waals surface area contributed by atoms with Gasteiger partial charge < -0.3 is 30.0 Å². The Morgan fingerprint density at radius 3 is 2.58 bits per heavy atom. The molecule has 8 heteroatoms. The van der Waals surface area contributed by atoms with Gasteiger partial charge in [-0.05, 0) is 43.1 Å². The Hall–Kier alpha value is -0.0636. The zero-order chi connectivity index (χ0) is 22.4. The molecule has 2 aliphatic rings. The quantitative estimate of drug-likeness (QED) is 0.256. The van der Waals surface area contributed by atoms with Gasteiger partial charge in [-0.25, -0.2) is 0 Å². The molecule has 2 rings (SSSR count). The second kappa shape index (κ2) is 13.6. The van der Waals surface area contributed by atoms with Crippen LogP contribution in [0.3, 0.4) is 0 Å². The van der Waals surface area contributed by atoms with E-state index in [9.17, 15) is 30.0 Å². The average molecular weight is 463 g/mol. The summed E-state index contributed by atoms with van der Waals surface area (Å²) in [6.45, 7) is 5.83. The molecule has 2 aliphatic carbocycles. The van der Waals surface area contributed by atoms with Crippen molar-refractivity contribution >= 4 is 11.9 Å². The molecule has 170 valence electrons. The van der Waals surface area contributed by atoms with Crippen LogP contribution in [0.5, 0.6) is 0 Å². The van der Waals surface area contributed by atoms with E-state index < -0.39 is 36.8 Å². The summed E-state index contributed by atoms with van der Waals surface area (Å²) in [5, 5.41) is 40.8. The minimum absolute atomic E-state index is 0. The molecule has 0 unspecified atom stereocenters. The van der Waals surface area contributed by atoms with Crippen LogP contribution in [0.1, 0.15) is 59.3 Å². The molecule has 0 fully saturated rings. The Labute approximate surface area is 227 Å². The smallest absolute Gasteiger partial charge is 0.550 e. The fourth-order valence-corrected chi connectivity index (χ4v) is 4.51. The Morgan fingerprint density at radius 2 is 1.97 bits per heavy atom. The summed E-state index contributed by atoms with van der Waals surface area (Å²) in [5.74, 6) is -1.60. The van der Waals surface area contributed by atoms with Gasteiger partial charge in [0, 0.05) is 24.7 Å². The SMILES string of the molecule is CC[C@H](C)C(=O)O[C@H]1C[C@H](O)C=C2C=C[C@H](C)[C@H](CC[C@@H](O)C[C@@H](O)CC(=O)[O-])[C@H]21.[K+]. The summed E-state index contributed by atoms with van der Waals surface area (Å²) in [7, 11) is 0. The number of hydrogen-bond donors (Lipinski definition) is 3. The maximum absolute atomic E-state index is 12.4. The van der Waals surface area contributed by atoms with E-state index in [-0.39, 0.29) is 87.4 Å². The molecule has 31 heavy (non-hydrogen) atoms. The van der Waals surface area contributed by atoms with E-state index in [2.05, 4.69) is 13.0 Å². The van der Waals surface area contributed by atoms with Crippen molar-refractivity contribution in [2.45, 2.75) is 83.7 Å². The number of carboxylic acids is 1. The van der Waals surface area contributed by atoms with Crippen molar-refractivity contribution in [1.82, 2.24) is 0 Å². The van der Waals surface area contributed by atoms with Crippen molar-refractivity contribution in [3.63, 3.8) is 0 Å². The summed E-state index contributed by atoms with van der Waals surface area (Å²) in [6.07, 6.45) is 4.31. The van der Waals surface area contributed by atoms with Crippen molar-refractivity contribution in [2.75, 3.05) is 0 Å². The molecule has 0 aromatic heterocycles. The van der Waals surface area contributed by atoms with Crippen LogP contribution < -0.4 is 56.5 Å². The Morgan fingerprint density at radius 1 is 1.29 bits per heavy atom. The number of esters is 1. The summed E-state index contributed by atoms with van der Waals surface area (Å²) in [6, 6.07) is 0.